The molecule has 2 saturated heterocycles. The zero-order chi connectivity index (χ0) is 24.9. The normalized spacial score (nSPS) is 19.5. The number of fused-ring (bicyclic) bond motifs is 2. The van der Waals surface area contributed by atoms with Gasteiger partial charge in [0, 0.05) is 61.6 Å². The van der Waals surface area contributed by atoms with Crippen LogP contribution in [0.4, 0.5) is 17.3 Å². The van der Waals surface area contributed by atoms with E-state index in [9.17, 15) is 4.79 Å². The molecule has 7 heterocycles. The van der Waals surface area contributed by atoms with Gasteiger partial charge in [0.15, 0.2) is 0 Å². The first-order valence-electron chi connectivity index (χ1n) is 13.1. The van der Waals surface area contributed by atoms with E-state index in [2.05, 4.69) is 31.5 Å². The highest BCUT2D eigenvalue weighted by molar-refractivity contribution is 6.06. The van der Waals surface area contributed by atoms with Gasteiger partial charge in [-0.15, -0.1) is 0 Å². The third kappa shape index (κ3) is 3.81. The Balaban J connectivity index is 1.19. The lowest BCUT2D eigenvalue weighted by Gasteiger charge is -2.24. The minimum absolute atomic E-state index is 0.0938. The molecular weight excluding hydrogens is 464 g/mol. The number of anilines is 3. The maximum Gasteiger partial charge on any atom is 0.254 e. The van der Waals surface area contributed by atoms with Gasteiger partial charge in [-0.2, -0.15) is 0 Å². The summed E-state index contributed by atoms with van der Waals surface area (Å²) in [5, 5.41) is 7.41. The summed E-state index contributed by atoms with van der Waals surface area (Å²) in [6.45, 7) is 4.93. The summed E-state index contributed by atoms with van der Waals surface area (Å²) in [4.78, 5) is 32.2. The van der Waals surface area contributed by atoms with Crippen LogP contribution in [0.2, 0.25) is 0 Å². The molecule has 37 heavy (non-hydrogen) atoms. The van der Waals surface area contributed by atoms with Crippen LogP contribution in [-0.2, 0) is 13.6 Å². The van der Waals surface area contributed by atoms with Crippen LogP contribution < -0.4 is 15.5 Å². The number of nitrogens with one attached hydrogen (secondary N) is 2. The van der Waals surface area contributed by atoms with Gasteiger partial charge in [-0.05, 0) is 56.6 Å². The number of pyridine rings is 3. The van der Waals surface area contributed by atoms with Gasteiger partial charge in [0.1, 0.15) is 17.3 Å². The summed E-state index contributed by atoms with van der Waals surface area (Å²) < 4.78 is 1.99. The monoisotopic (exact) mass is 494 g/mol. The smallest absolute Gasteiger partial charge is 0.254 e. The van der Waals surface area contributed by atoms with E-state index in [1.165, 1.54) is 32.4 Å². The van der Waals surface area contributed by atoms with Crippen molar-refractivity contribution in [3.8, 4) is 11.3 Å². The van der Waals surface area contributed by atoms with E-state index in [4.69, 9.17) is 9.97 Å². The van der Waals surface area contributed by atoms with Gasteiger partial charge in [0.2, 0.25) is 0 Å². The third-order valence-corrected chi connectivity index (χ3v) is 8.00. The molecule has 0 spiro atoms. The van der Waals surface area contributed by atoms with Crippen LogP contribution in [0.5, 0.6) is 0 Å². The summed E-state index contributed by atoms with van der Waals surface area (Å²) >= 11 is 0. The first-order chi connectivity index (χ1) is 18.2. The molecule has 9 nitrogen and oxygen atoms in total. The standard InChI is InChI=1S/C28H30N8O/c1-34-13-9-20-19(7-10-29-27(20)34)26-21-15-31-28(37)25(21)22(16-30-26)32-23-5-4-6-24(33-23)36-14-8-18(17-36)35-11-2-3-12-35/h4-7,9-10,13,16,18H,2-3,8,11-12,14-15,17H2,1H3,(H,31,37)(H,32,33). The SMILES string of the molecule is Cn1ccc2c(-c3ncc(Nc4cccc(N5CCC(N6CCCC6)C5)n4)c4c3CNC4=O)ccnc21. The van der Waals surface area contributed by atoms with Crippen LogP contribution >= 0.6 is 0 Å². The molecule has 2 N–H and O–H groups in total. The summed E-state index contributed by atoms with van der Waals surface area (Å²) in [6, 6.07) is 10.7. The number of hydrogen-bond acceptors (Lipinski definition) is 7. The highest BCUT2D eigenvalue weighted by Crippen LogP contribution is 2.36. The van der Waals surface area contributed by atoms with Crippen LogP contribution in [0, 0.1) is 0 Å². The second-order valence-electron chi connectivity index (χ2n) is 10.2. The van der Waals surface area contributed by atoms with Crippen molar-refractivity contribution in [3.63, 3.8) is 0 Å². The van der Waals surface area contributed by atoms with E-state index in [1.807, 2.05) is 42.1 Å². The first-order valence-corrected chi connectivity index (χ1v) is 13.1. The molecule has 9 heteroatoms. The molecule has 0 aliphatic carbocycles. The number of nitrogens with zero attached hydrogens (tertiary/aromatic N) is 6. The number of carbonyl (C=O) groups excluding carboxylic acids is 1. The maximum atomic E-state index is 12.9. The Morgan fingerprint density at radius 3 is 2.86 bits per heavy atom. The molecule has 0 bridgehead atoms. The molecule has 4 aromatic heterocycles. The number of amides is 1. The largest absolute Gasteiger partial charge is 0.355 e. The number of aromatic nitrogens is 4. The Hall–Kier alpha value is -3.98. The fraction of sp³-hybridized carbons (Fsp3) is 0.357. The molecule has 7 rings (SSSR count). The van der Waals surface area contributed by atoms with Crippen molar-refractivity contribution in [3.05, 3.63) is 60.0 Å². The second kappa shape index (κ2) is 8.85. The van der Waals surface area contributed by atoms with Gasteiger partial charge >= 0.3 is 0 Å². The van der Waals surface area contributed by atoms with E-state index in [0.29, 0.717) is 29.7 Å². The van der Waals surface area contributed by atoms with Gasteiger partial charge < -0.3 is 20.1 Å². The molecule has 1 unspecified atom stereocenters. The van der Waals surface area contributed by atoms with Crippen molar-refractivity contribution in [2.24, 2.45) is 7.05 Å². The average molecular weight is 495 g/mol. The van der Waals surface area contributed by atoms with Crippen LogP contribution in [0.3, 0.4) is 0 Å². The van der Waals surface area contributed by atoms with Crippen molar-refractivity contribution in [1.29, 1.82) is 0 Å². The molecule has 3 aliphatic heterocycles. The topological polar surface area (TPSA) is 91.2 Å². The Morgan fingerprint density at radius 2 is 1.97 bits per heavy atom. The van der Waals surface area contributed by atoms with Crippen LogP contribution in [0.15, 0.2) is 48.9 Å². The van der Waals surface area contributed by atoms with E-state index >= 15 is 0 Å². The number of carbonyl (C=O) groups is 1. The van der Waals surface area contributed by atoms with Crippen molar-refractivity contribution in [2.45, 2.75) is 31.8 Å². The zero-order valence-electron chi connectivity index (χ0n) is 20.9. The van der Waals surface area contributed by atoms with E-state index in [0.717, 1.165) is 46.8 Å². The predicted molar refractivity (Wildman–Crippen MR) is 144 cm³/mol. The number of hydrogen-bond donors (Lipinski definition) is 2. The molecule has 4 aromatic rings. The quantitative estimate of drug-likeness (QED) is 0.437. The Labute approximate surface area is 215 Å². The van der Waals surface area contributed by atoms with Crippen LogP contribution in [-0.4, -0.2) is 62.5 Å². The van der Waals surface area contributed by atoms with Gasteiger partial charge in [0.25, 0.3) is 5.91 Å². The maximum absolute atomic E-state index is 12.9. The molecule has 0 saturated carbocycles. The Bertz CT molecular complexity index is 1510. The van der Waals surface area contributed by atoms with Crippen LogP contribution in [0.1, 0.15) is 35.2 Å². The number of likely N-dealkylation sites (tertiary alicyclic amines) is 1. The van der Waals surface area contributed by atoms with E-state index < -0.39 is 0 Å². The molecular formula is C28H30N8O. The molecule has 1 amide bonds. The zero-order valence-corrected chi connectivity index (χ0v) is 20.9. The summed E-state index contributed by atoms with van der Waals surface area (Å²) in [7, 11) is 1.98. The fourth-order valence-electron chi connectivity index (χ4n) is 6.10. The van der Waals surface area contributed by atoms with E-state index in [1.54, 1.807) is 12.4 Å². The third-order valence-electron chi connectivity index (χ3n) is 8.00. The molecule has 2 fully saturated rings. The number of rotatable bonds is 5. The first kappa shape index (κ1) is 22.2. The van der Waals surface area contributed by atoms with Crippen molar-refractivity contribution in [1.82, 2.24) is 29.7 Å². The molecule has 1 atom stereocenters. The van der Waals surface area contributed by atoms with E-state index in [-0.39, 0.29) is 5.91 Å². The van der Waals surface area contributed by atoms with Crippen molar-refractivity contribution < 1.29 is 4.79 Å². The summed E-state index contributed by atoms with van der Waals surface area (Å²) in [5.74, 6) is 1.59. The predicted octanol–water partition coefficient (Wildman–Crippen LogP) is 3.69. The highest BCUT2D eigenvalue weighted by atomic mass is 16.1. The lowest BCUT2D eigenvalue weighted by Crippen LogP contribution is -2.35. The average Bonchev–Trinajstić information content (AvgIpc) is 3.72. The number of aryl methyl sites for hydroxylation is 1. The lowest BCUT2D eigenvalue weighted by atomic mass is 10.0. The Kier molecular flexibility index (Phi) is 5.32. The van der Waals surface area contributed by atoms with Crippen molar-refractivity contribution in [2.75, 3.05) is 36.4 Å². The van der Waals surface area contributed by atoms with Gasteiger partial charge in [-0.1, -0.05) is 6.07 Å². The highest BCUT2D eigenvalue weighted by Gasteiger charge is 2.31. The second-order valence-corrected chi connectivity index (χ2v) is 10.2. The summed E-state index contributed by atoms with van der Waals surface area (Å²) in [5.41, 5.74) is 4.88. The molecule has 188 valence electrons. The minimum atomic E-state index is -0.0938. The molecule has 3 aliphatic rings. The molecule has 0 aromatic carbocycles. The fourth-order valence-corrected chi connectivity index (χ4v) is 6.10. The van der Waals surface area contributed by atoms with Gasteiger partial charge in [-0.25, -0.2) is 9.97 Å². The Morgan fingerprint density at radius 1 is 1.08 bits per heavy atom. The molecule has 0 radical (unpaired) electrons. The minimum Gasteiger partial charge on any atom is -0.355 e. The van der Waals surface area contributed by atoms with Gasteiger partial charge in [-0.3, -0.25) is 14.7 Å². The van der Waals surface area contributed by atoms with Crippen molar-refractivity contribution >= 4 is 34.3 Å². The van der Waals surface area contributed by atoms with Gasteiger partial charge in [0.05, 0.1) is 23.1 Å². The summed E-state index contributed by atoms with van der Waals surface area (Å²) in [6.07, 6.45) is 9.35. The lowest BCUT2D eigenvalue weighted by molar-refractivity contribution is 0.0966. The van der Waals surface area contributed by atoms with Crippen LogP contribution in [0.25, 0.3) is 22.3 Å².